The van der Waals surface area contributed by atoms with E-state index in [2.05, 4.69) is 11.9 Å². The fourth-order valence-electron chi connectivity index (χ4n) is 6.41. The minimum Gasteiger partial charge on any atom is -0.481 e. The van der Waals surface area contributed by atoms with Crippen molar-refractivity contribution in [3.05, 3.63) is 71.7 Å². The third kappa shape index (κ3) is 3.99. The van der Waals surface area contributed by atoms with Crippen LogP contribution < -0.4 is 0 Å². The Labute approximate surface area is 199 Å². The number of halogens is 1. The van der Waals surface area contributed by atoms with Gasteiger partial charge in [-0.1, -0.05) is 56.2 Å². The Morgan fingerprint density at radius 1 is 1.18 bits per heavy atom. The number of hydrogen-bond donors (Lipinski definition) is 2. The van der Waals surface area contributed by atoms with E-state index in [9.17, 15) is 19.1 Å². The summed E-state index contributed by atoms with van der Waals surface area (Å²) < 4.78 is 14.9. The summed E-state index contributed by atoms with van der Waals surface area (Å²) in [7, 11) is 0. The molecule has 0 radical (unpaired) electrons. The molecule has 1 aromatic heterocycles. The molecule has 5 nitrogen and oxygen atoms in total. The second-order valence-electron chi connectivity index (χ2n) is 10.3. The first-order valence-corrected chi connectivity index (χ1v) is 12.2. The number of rotatable bonds is 5. The lowest BCUT2D eigenvalue weighted by molar-refractivity contribution is -0.155. The summed E-state index contributed by atoms with van der Waals surface area (Å²) >= 11 is 0. The Morgan fingerprint density at radius 2 is 1.97 bits per heavy atom. The molecule has 0 spiro atoms. The average Bonchev–Trinajstić information content (AvgIpc) is 3.27. The van der Waals surface area contributed by atoms with E-state index in [4.69, 9.17) is 0 Å². The number of aliphatic carboxylic acids is 1. The van der Waals surface area contributed by atoms with Crippen molar-refractivity contribution in [3.8, 4) is 0 Å². The number of nitrogens with one attached hydrogen (secondary N) is 1. The van der Waals surface area contributed by atoms with Crippen LogP contribution in [0.4, 0.5) is 4.39 Å². The molecule has 2 heterocycles. The molecule has 2 N–H and O–H groups in total. The molecule has 1 saturated heterocycles. The standard InChI is InChI=1S/C28H31FN2O3/c1-28-13-6-5-12-24(28)31(17-19(15-28)27(33)34)25(32)14-20(18-8-3-2-4-9-18)21-16-30-23-11-7-10-22(29)26(21)23/h2-4,7-11,16,19-20,24,30H,5-6,12-15,17H2,1H3,(H,33,34)/t19?,20?,24-,28?/m1/s1. The fraction of sp³-hybridized carbons (Fsp3) is 0.429. The molecule has 1 aliphatic carbocycles. The second kappa shape index (κ2) is 8.90. The highest BCUT2D eigenvalue weighted by Crippen LogP contribution is 2.48. The van der Waals surface area contributed by atoms with E-state index in [0.717, 1.165) is 36.8 Å². The molecule has 178 valence electrons. The number of carbonyl (C=O) groups excluding carboxylic acids is 1. The molecule has 34 heavy (non-hydrogen) atoms. The Morgan fingerprint density at radius 3 is 2.74 bits per heavy atom. The number of benzene rings is 2. The zero-order valence-corrected chi connectivity index (χ0v) is 19.5. The predicted molar refractivity (Wildman–Crippen MR) is 129 cm³/mol. The maximum atomic E-state index is 14.9. The SMILES string of the molecule is CC12CCCC[C@H]1N(C(=O)CC(c1ccccc1)c1c[nH]c3cccc(F)c13)CC(C(=O)O)C2. The van der Waals surface area contributed by atoms with Crippen molar-refractivity contribution in [1.29, 1.82) is 0 Å². The fourth-order valence-corrected chi connectivity index (χ4v) is 6.41. The number of carbonyl (C=O) groups is 2. The third-order valence-corrected chi connectivity index (χ3v) is 8.10. The monoisotopic (exact) mass is 462 g/mol. The quantitative estimate of drug-likeness (QED) is 0.510. The molecule has 3 aromatic rings. The number of nitrogens with zero attached hydrogens (tertiary/aromatic N) is 1. The van der Waals surface area contributed by atoms with Crippen LogP contribution >= 0.6 is 0 Å². The summed E-state index contributed by atoms with van der Waals surface area (Å²) in [5.41, 5.74) is 2.22. The lowest BCUT2D eigenvalue weighted by atomic mass is 9.64. The molecule has 3 unspecified atom stereocenters. The number of carboxylic acids is 1. The molecule has 0 bridgehead atoms. The number of amides is 1. The van der Waals surface area contributed by atoms with Gasteiger partial charge in [0.1, 0.15) is 5.82 Å². The van der Waals surface area contributed by atoms with Gasteiger partial charge in [-0.2, -0.15) is 0 Å². The minimum absolute atomic E-state index is 0.0522. The summed E-state index contributed by atoms with van der Waals surface area (Å²) in [6.07, 6.45) is 6.57. The van der Waals surface area contributed by atoms with Crippen molar-refractivity contribution >= 4 is 22.8 Å². The smallest absolute Gasteiger partial charge is 0.308 e. The summed E-state index contributed by atoms with van der Waals surface area (Å²) in [6.45, 7) is 2.40. The van der Waals surface area contributed by atoms with Gasteiger partial charge in [-0.25, -0.2) is 4.39 Å². The van der Waals surface area contributed by atoms with E-state index < -0.39 is 11.9 Å². The number of likely N-dealkylation sites (tertiary alicyclic amines) is 1. The summed E-state index contributed by atoms with van der Waals surface area (Å²) in [5, 5.41) is 10.3. The van der Waals surface area contributed by atoms with Gasteiger partial charge in [-0.15, -0.1) is 0 Å². The van der Waals surface area contributed by atoms with Gasteiger partial charge in [-0.05, 0) is 47.9 Å². The maximum Gasteiger partial charge on any atom is 0.308 e. The topological polar surface area (TPSA) is 73.4 Å². The average molecular weight is 463 g/mol. The van der Waals surface area contributed by atoms with Crippen molar-refractivity contribution in [2.75, 3.05) is 6.54 Å². The van der Waals surface area contributed by atoms with Crippen LogP contribution in [0.25, 0.3) is 10.9 Å². The van der Waals surface area contributed by atoms with Gasteiger partial charge in [0.05, 0.1) is 5.92 Å². The number of piperidine rings is 1. The van der Waals surface area contributed by atoms with E-state index in [0.29, 0.717) is 17.3 Å². The van der Waals surface area contributed by atoms with Crippen molar-refractivity contribution < 1.29 is 19.1 Å². The van der Waals surface area contributed by atoms with Crippen LogP contribution in [0.5, 0.6) is 0 Å². The highest BCUT2D eigenvalue weighted by molar-refractivity contribution is 5.87. The first-order chi connectivity index (χ1) is 16.4. The third-order valence-electron chi connectivity index (χ3n) is 8.10. The lowest BCUT2D eigenvalue weighted by Crippen LogP contribution is -2.58. The minimum atomic E-state index is -0.832. The Bertz CT molecular complexity index is 1210. The van der Waals surface area contributed by atoms with Crippen LogP contribution in [0.1, 0.15) is 62.5 Å². The molecule has 4 atom stereocenters. The largest absolute Gasteiger partial charge is 0.481 e. The van der Waals surface area contributed by atoms with Gasteiger partial charge in [0.25, 0.3) is 0 Å². The first-order valence-electron chi connectivity index (χ1n) is 12.2. The van der Waals surface area contributed by atoms with Gasteiger partial charge in [0.15, 0.2) is 0 Å². The van der Waals surface area contributed by atoms with E-state index in [1.54, 1.807) is 12.3 Å². The van der Waals surface area contributed by atoms with Crippen LogP contribution in [-0.2, 0) is 9.59 Å². The van der Waals surface area contributed by atoms with Crippen molar-refractivity contribution in [2.24, 2.45) is 11.3 Å². The summed E-state index contributed by atoms with van der Waals surface area (Å²) in [6, 6.07) is 14.7. The van der Waals surface area contributed by atoms with Crippen LogP contribution in [0.15, 0.2) is 54.7 Å². The molecule has 5 rings (SSSR count). The molecular weight excluding hydrogens is 431 g/mol. The van der Waals surface area contributed by atoms with Crippen LogP contribution in [0.2, 0.25) is 0 Å². The van der Waals surface area contributed by atoms with Crippen molar-refractivity contribution in [1.82, 2.24) is 9.88 Å². The number of aromatic nitrogens is 1. The normalized spacial score (nSPS) is 25.6. The van der Waals surface area contributed by atoms with Gasteiger partial charge in [-0.3, -0.25) is 9.59 Å². The van der Waals surface area contributed by atoms with E-state index in [1.807, 2.05) is 41.3 Å². The molecule has 1 amide bonds. The molecule has 1 aliphatic heterocycles. The van der Waals surface area contributed by atoms with Gasteiger partial charge in [0, 0.05) is 42.0 Å². The summed E-state index contributed by atoms with van der Waals surface area (Å²) in [5.74, 6) is -2.08. The second-order valence-corrected chi connectivity index (χ2v) is 10.3. The number of carboxylic acid groups (broad SMARTS) is 1. The van der Waals surface area contributed by atoms with E-state index >= 15 is 0 Å². The molecular formula is C28H31FN2O3. The Kier molecular flexibility index (Phi) is 5.92. The van der Waals surface area contributed by atoms with E-state index in [1.165, 1.54) is 6.07 Å². The Balaban J connectivity index is 1.52. The van der Waals surface area contributed by atoms with Crippen LogP contribution in [0.3, 0.4) is 0 Å². The van der Waals surface area contributed by atoms with Crippen LogP contribution in [-0.4, -0.2) is 39.5 Å². The number of H-pyrrole nitrogens is 1. The molecule has 6 heteroatoms. The van der Waals surface area contributed by atoms with Crippen molar-refractivity contribution in [2.45, 2.75) is 57.4 Å². The number of hydrogen-bond acceptors (Lipinski definition) is 2. The zero-order chi connectivity index (χ0) is 23.9. The lowest BCUT2D eigenvalue weighted by Gasteiger charge is -2.53. The van der Waals surface area contributed by atoms with Gasteiger partial charge in [0.2, 0.25) is 5.91 Å². The maximum absolute atomic E-state index is 14.9. The van der Waals surface area contributed by atoms with Crippen LogP contribution in [0, 0.1) is 17.2 Å². The van der Waals surface area contributed by atoms with Gasteiger partial charge < -0.3 is 15.0 Å². The highest BCUT2D eigenvalue weighted by Gasteiger charge is 2.49. The molecule has 1 saturated carbocycles. The Hall–Kier alpha value is -3.15. The molecule has 2 aromatic carbocycles. The highest BCUT2D eigenvalue weighted by atomic mass is 19.1. The van der Waals surface area contributed by atoms with Gasteiger partial charge >= 0.3 is 5.97 Å². The zero-order valence-electron chi connectivity index (χ0n) is 19.5. The number of fused-ring (bicyclic) bond motifs is 2. The molecule has 2 aliphatic rings. The summed E-state index contributed by atoms with van der Waals surface area (Å²) in [4.78, 5) is 30.9. The first kappa shape index (κ1) is 22.6. The van der Waals surface area contributed by atoms with Crippen molar-refractivity contribution in [3.63, 3.8) is 0 Å². The predicted octanol–water partition coefficient (Wildman–Crippen LogP) is 5.71. The van der Waals surface area contributed by atoms with E-state index in [-0.39, 0.29) is 42.1 Å². The molecule has 2 fully saturated rings. The number of aromatic amines is 1.